The zero-order chi connectivity index (χ0) is 24.7. The molecule has 0 spiro atoms. The van der Waals surface area contributed by atoms with Crippen molar-refractivity contribution in [1.29, 1.82) is 0 Å². The topological polar surface area (TPSA) is 0 Å². The maximum atomic E-state index is 2.53. The van der Waals surface area contributed by atoms with Crippen LogP contribution in [0.3, 0.4) is 0 Å². The van der Waals surface area contributed by atoms with Crippen LogP contribution >= 0.6 is 0 Å². The smallest absolute Gasteiger partial charge is 0.0274 e. The van der Waals surface area contributed by atoms with E-state index in [4.69, 9.17) is 0 Å². The Morgan fingerprint density at radius 1 is 0.543 bits per heavy atom. The lowest BCUT2D eigenvalue weighted by Crippen LogP contribution is -2.15. The van der Waals surface area contributed by atoms with Gasteiger partial charge in [0, 0.05) is 0 Å². The molecule has 0 bridgehead atoms. The van der Waals surface area contributed by atoms with E-state index in [-0.39, 0.29) is 0 Å². The molecular weight excluding hydrogens is 420 g/mol. The second-order valence-corrected chi connectivity index (χ2v) is 12.8. The van der Waals surface area contributed by atoms with Gasteiger partial charge in [-0.05, 0) is 73.0 Å². The molecule has 0 radical (unpaired) electrons. The summed E-state index contributed by atoms with van der Waals surface area (Å²) in [7, 11) is 0. The van der Waals surface area contributed by atoms with Crippen LogP contribution in [0.1, 0.15) is 159 Å². The summed E-state index contributed by atoms with van der Waals surface area (Å²) in [6, 6.07) is 7.47. The van der Waals surface area contributed by atoms with Gasteiger partial charge in [0.2, 0.25) is 0 Å². The molecule has 2 saturated carbocycles. The van der Waals surface area contributed by atoms with Crippen molar-refractivity contribution in [3.63, 3.8) is 0 Å². The van der Waals surface area contributed by atoms with E-state index in [9.17, 15) is 0 Å². The maximum absolute atomic E-state index is 2.53. The molecule has 2 fully saturated rings. The summed E-state index contributed by atoms with van der Waals surface area (Å²) in [4.78, 5) is 0. The van der Waals surface area contributed by atoms with Gasteiger partial charge in [-0.1, -0.05) is 148 Å². The molecule has 35 heavy (non-hydrogen) atoms. The Balaban J connectivity index is 1.27. The third kappa shape index (κ3) is 11.0. The average molecular weight is 481 g/mol. The van der Waals surface area contributed by atoms with E-state index in [2.05, 4.69) is 39.0 Å². The van der Waals surface area contributed by atoms with Crippen molar-refractivity contribution in [3.8, 4) is 0 Å². The highest BCUT2D eigenvalue weighted by Crippen LogP contribution is 2.35. The van der Waals surface area contributed by atoms with Crippen molar-refractivity contribution in [2.45, 2.75) is 162 Å². The van der Waals surface area contributed by atoms with Gasteiger partial charge in [0.05, 0.1) is 0 Å². The first-order valence-corrected chi connectivity index (χ1v) is 16.3. The van der Waals surface area contributed by atoms with E-state index in [0.717, 1.165) is 23.7 Å². The minimum atomic E-state index is 0.989. The minimum absolute atomic E-state index is 0.989. The van der Waals surface area contributed by atoms with Crippen molar-refractivity contribution in [3.05, 3.63) is 34.9 Å². The molecule has 200 valence electrons. The summed E-state index contributed by atoms with van der Waals surface area (Å²) in [5.74, 6) is 4.06. The zero-order valence-electron chi connectivity index (χ0n) is 24.1. The fourth-order valence-corrected chi connectivity index (χ4v) is 7.34. The molecule has 0 aromatic heterocycles. The number of hydrogen-bond donors (Lipinski definition) is 0. The molecule has 0 heteroatoms. The van der Waals surface area contributed by atoms with E-state index in [1.54, 1.807) is 16.7 Å². The first-order chi connectivity index (χ1) is 17.2. The first kappa shape index (κ1) is 28.8. The van der Waals surface area contributed by atoms with Crippen LogP contribution in [0.4, 0.5) is 0 Å². The highest BCUT2D eigenvalue weighted by molar-refractivity contribution is 5.31. The number of benzene rings is 1. The standard InChI is InChI=1S/C35H60/c1-4-6-7-8-9-10-11-13-31-16-20-32(21-17-31)22-23-34-25-27-35(29(3)28-34)26-24-33-18-14-30(12-5-2)15-19-33/h25,27-28,30-33H,4-24,26H2,1-3H3. The van der Waals surface area contributed by atoms with Crippen LogP contribution in [-0.2, 0) is 12.8 Å². The maximum Gasteiger partial charge on any atom is -0.0274 e. The van der Waals surface area contributed by atoms with Gasteiger partial charge < -0.3 is 0 Å². The monoisotopic (exact) mass is 480 g/mol. The molecule has 0 heterocycles. The van der Waals surface area contributed by atoms with Crippen molar-refractivity contribution >= 4 is 0 Å². The molecule has 3 rings (SSSR count). The van der Waals surface area contributed by atoms with E-state index in [0.29, 0.717) is 0 Å². The molecule has 0 N–H and O–H groups in total. The summed E-state index contributed by atoms with van der Waals surface area (Å²) in [6.45, 7) is 7.03. The zero-order valence-corrected chi connectivity index (χ0v) is 24.1. The van der Waals surface area contributed by atoms with Gasteiger partial charge in [-0.2, -0.15) is 0 Å². The van der Waals surface area contributed by atoms with E-state index in [1.165, 1.54) is 141 Å². The van der Waals surface area contributed by atoms with Crippen LogP contribution in [0.2, 0.25) is 0 Å². The fourth-order valence-electron chi connectivity index (χ4n) is 7.34. The molecule has 2 aliphatic carbocycles. The summed E-state index contributed by atoms with van der Waals surface area (Å²) < 4.78 is 0. The number of rotatable bonds is 16. The van der Waals surface area contributed by atoms with Crippen LogP contribution < -0.4 is 0 Å². The molecule has 0 aliphatic heterocycles. The van der Waals surface area contributed by atoms with Gasteiger partial charge in [-0.15, -0.1) is 0 Å². The third-order valence-electron chi connectivity index (χ3n) is 9.92. The summed E-state index contributed by atoms with van der Waals surface area (Å²) in [5.41, 5.74) is 4.77. The summed E-state index contributed by atoms with van der Waals surface area (Å²) >= 11 is 0. The Bertz CT molecular complexity index is 657. The molecule has 2 aliphatic rings. The molecule has 0 saturated heterocycles. The normalized spacial score (nSPS) is 25.1. The van der Waals surface area contributed by atoms with Crippen molar-refractivity contribution < 1.29 is 0 Å². The van der Waals surface area contributed by atoms with Gasteiger partial charge in [0.25, 0.3) is 0 Å². The third-order valence-corrected chi connectivity index (χ3v) is 9.92. The number of unbranched alkanes of at least 4 members (excludes halogenated alkanes) is 6. The van der Waals surface area contributed by atoms with E-state index < -0.39 is 0 Å². The Morgan fingerprint density at radius 2 is 1.06 bits per heavy atom. The van der Waals surface area contributed by atoms with Crippen molar-refractivity contribution in [2.75, 3.05) is 0 Å². The highest BCUT2D eigenvalue weighted by atomic mass is 14.3. The van der Waals surface area contributed by atoms with Crippen LogP contribution in [0, 0.1) is 30.6 Å². The number of aryl methyl sites for hydroxylation is 3. The molecule has 1 aromatic rings. The minimum Gasteiger partial charge on any atom is -0.0654 e. The lowest BCUT2D eigenvalue weighted by Gasteiger charge is -2.29. The van der Waals surface area contributed by atoms with E-state index >= 15 is 0 Å². The van der Waals surface area contributed by atoms with Gasteiger partial charge in [0.15, 0.2) is 0 Å². The van der Waals surface area contributed by atoms with Crippen LogP contribution in [-0.4, -0.2) is 0 Å². The quantitative estimate of drug-likeness (QED) is 0.206. The molecule has 0 atom stereocenters. The van der Waals surface area contributed by atoms with E-state index in [1.807, 2.05) is 0 Å². The van der Waals surface area contributed by atoms with Gasteiger partial charge in [-0.3, -0.25) is 0 Å². The highest BCUT2D eigenvalue weighted by Gasteiger charge is 2.22. The predicted molar refractivity (Wildman–Crippen MR) is 156 cm³/mol. The van der Waals surface area contributed by atoms with Gasteiger partial charge in [-0.25, -0.2) is 0 Å². The Hall–Kier alpha value is -0.780. The van der Waals surface area contributed by atoms with Gasteiger partial charge in [0.1, 0.15) is 0 Å². The molecule has 0 nitrogen and oxygen atoms in total. The second kappa shape index (κ2) is 16.9. The molecule has 0 unspecified atom stereocenters. The van der Waals surface area contributed by atoms with Crippen molar-refractivity contribution in [2.24, 2.45) is 23.7 Å². The SMILES string of the molecule is CCCCCCCCCC1CCC(CCc2ccc(CCC3CCC(CCC)CC3)c(C)c2)CC1. The molecule has 1 aromatic carbocycles. The van der Waals surface area contributed by atoms with Gasteiger partial charge >= 0.3 is 0 Å². The van der Waals surface area contributed by atoms with Crippen LogP contribution in [0.15, 0.2) is 18.2 Å². The second-order valence-electron chi connectivity index (χ2n) is 12.8. The Kier molecular flexibility index (Phi) is 13.9. The first-order valence-electron chi connectivity index (χ1n) is 16.3. The predicted octanol–water partition coefficient (Wildman–Crippen LogP) is 11.4. The largest absolute Gasteiger partial charge is 0.0654 e. The lowest BCUT2D eigenvalue weighted by molar-refractivity contribution is 0.248. The molecule has 0 amide bonds. The van der Waals surface area contributed by atoms with Crippen LogP contribution in [0.5, 0.6) is 0 Å². The fraction of sp³-hybridized carbons (Fsp3) is 0.829. The van der Waals surface area contributed by atoms with Crippen molar-refractivity contribution in [1.82, 2.24) is 0 Å². The Morgan fingerprint density at radius 3 is 1.63 bits per heavy atom. The van der Waals surface area contributed by atoms with Crippen LogP contribution in [0.25, 0.3) is 0 Å². The number of hydrogen-bond acceptors (Lipinski definition) is 0. The summed E-state index contributed by atoms with van der Waals surface area (Å²) in [5, 5.41) is 0. The summed E-state index contributed by atoms with van der Waals surface area (Å²) in [6.07, 6.45) is 32.0. The lowest BCUT2D eigenvalue weighted by atomic mass is 9.77. The Labute approximate surface area is 220 Å². The average Bonchev–Trinajstić information content (AvgIpc) is 2.88. The molecular formula is C35H60.